The molecule has 1 fully saturated rings. The molecule has 7 heteroatoms. The van der Waals surface area contributed by atoms with Crippen LogP contribution in [0.3, 0.4) is 0 Å². The number of carbonyl (C=O) groups is 1. The summed E-state index contributed by atoms with van der Waals surface area (Å²) in [5.41, 5.74) is 3.40. The van der Waals surface area contributed by atoms with Crippen molar-refractivity contribution in [2.75, 3.05) is 32.8 Å². The molecule has 1 saturated heterocycles. The molecule has 3 rings (SSSR count). The molecule has 1 aliphatic rings. The first-order chi connectivity index (χ1) is 13.4. The summed E-state index contributed by atoms with van der Waals surface area (Å²) < 4.78 is 21.9. The summed E-state index contributed by atoms with van der Waals surface area (Å²) in [7, 11) is 2.97. The number of hydrogen-bond donors (Lipinski definition) is 1. The molecule has 0 saturated carbocycles. The third kappa shape index (κ3) is 4.20. The number of aromatic nitrogens is 1. The van der Waals surface area contributed by atoms with Gasteiger partial charge in [-0.3, -0.25) is 0 Å². The summed E-state index contributed by atoms with van der Waals surface area (Å²) in [4.78, 5) is 17.0. The third-order valence-corrected chi connectivity index (χ3v) is 4.66. The van der Waals surface area contributed by atoms with Gasteiger partial charge >= 0.3 is 5.97 Å². The molecular weight excluding hydrogens is 360 g/mol. The Morgan fingerprint density at radius 3 is 2.46 bits per heavy atom. The van der Waals surface area contributed by atoms with Crippen LogP contribution in [-0.4, -0.2) is 44.4 Å². The zero-order chi connectivity index (χ0) is 20.3. The molecule has 0 bridgehead atoms. The van der Waals surface area contributed by atoms with Gasteiger partial charge in [-0.25, -0.2) is 9.78 Å². The van der Waals surface area contributed by atoms with Crippen LogP contribution in [0.5, 0.6) is 17.4 Å². The molecule has 1 atom stereocenters. The number of rotatable bonds is 6. The number of nitrogens with zero attached hydrogens (tertiary/aromatic N) is 1. The van der Waals surface area contributed by atoms with Crippen molar-refractivity contribution < 1.29 is 23.7 Å². The molecule has 0 aliphatic carbocycles. The van der Waals surface area contributed by atoms with Crippen molar-refractivity contribution in [3.8, 4) is 17.4 Å². The quantitative estimate of drug-likeness (QED) is 0.757. The summed E-state index contributed by atoms with van der Waals surface area (Å²) >= 11 is 0. The van der Waals surface area contributed by atoms with Crippen LogP contribution in [0.15, 0.2) is 18.2 Å². The first-order valence-electron chi connectivity index (χ1n) is 9.20. The molecule has 0 amide bonds. The Labute approximate surface area is 165 Å². The average molecular weight is 386 g/mol. The second kappa shape index (κ2) is 8.48. The topological polar surface area (TPSA) is 78.9 Å². The van der Waals surface area contributed by atoms with Gasteiger partial charge in [-0.05, 0) is 56.5 Å². The van der Waals surface area contributed by atoms with E-state index in [0.29, 0.717) is 24.7 Å². The van der Waals surface area contributed by atoms with Crippen molar-refractivity contribution in [3.63, 3.8) is 0 Å². The Hall–Kier alpha value is -2.80. The molecule has 2 aromatic rings. The van der Waals surface area contributed by atoms with Crippen LogP contribution < -0.4 is 14.8 Å². The summed E-state index contributed by atoms with van der Waals surface area (Å²) in [6, 6.07) is 5.71. The maximum Gasteiger partial charge on any atom is 0.345 e. The number of carbonyl (C=O) groups excluding carboxylic acids is 1. The number of hydrogen-bond acceptors (Lipinski definition) is 7. The second-order valence-corrected chi connectivity index (χ2v) is 6.88. The fraction of sp³-hybridized carbons (Fsp3) is 0.429. The number of nitrogens with one attached hydrogen (secondary N) is 1. The van der Waals surface area contributed by atoms with E-state index in [-0.39, 0.29) is 17.5 Å². The van der Waals surface area contributed by atoms with Gasteiger partial charge in [-0.1, -0.05) is 0 Å². The molecule has 0 spiro atoms. The molecular formula is C21H26N2O5. The van der Waals surface area contributed by atoms with E-state index in [1.54, 1.807) is 7.11 Å². The number of ether oxygens (including phenoxy) is 4. The molecule has 28 heavy (non-hydrogen) atoms. The van der Waals surface area contributed by atoms with Gasteiger partial charge in [0.15, 0.2) is 0 Å². The second-order valence-electron chi connectivity index (χ2n) is 6.88. The summed E-state index contributed by atoms with van der Waals surface area (Å²) in [6.07, 6.45) is 0.870. The Bertz CT molecular complexity index is 852. The third-order valence-electron chi connectivity index (χ3n) is 4.66. The van der Waals surface area contributed by atoms with Gasteiger partial charge in [0.25, 0.3) is 0 Å². The Kier molecular flexibility index (Phi) is 6.04. The van der Waals surface area contributed by atoms with Crippen molar-refractivity contribution in [1.29, 1.82) is 0 Å². The van der Waals surface area contributed by atoms with Gasteiger partial charge in [0, 0.05) is 12.3 Å². The average Bonchev–Trinajstić information content (AvgIpc) is 3.16. The minimum absolute atomic E-state index is 0.127. The van der Waals surface area contributed by atoms with Crippen LogP contribution in [0.25, 0.3) is 0 Å². The van der Waals surface area contributed by atoms with Gasteiger partial charge in [0.2, 0.25) is 5.88 Å². The maximum atomic E-state index is 12.6. The van der Waals surface area contributed by atoms with Crippen LogP contribution in [0.2, 0.25) is 0 Å². The monoisotopic (exact) mass is 386 g/mol. The number of methoxy groups -OCH3 is 2. The van der Waals surface area contributed by atoms with E-state index < -0.39 is 5.97 Å². The molecule has 150 valence electrons. The number of esters is 1. The van der Waals surface area contributed by atoms with Crippen LogP contribution in [0.1, 0.15) is 33.6 Å². The lowest BCUT2D eigenvalue weighted by Crippen LogP contribution is -2.22. The summed E-state index contributed by atoms with van der Waals surface area (Å²) in [5.74, 6) is 1.09. The molecule has 7 nitrogen and oxygen atoms in total. The fourth-order valence-electron chi connectivity index (χ4n) is 3.29. The van der Waals surface area contributed by atoms with Gasteiger partial charge in [0.05, 0.1) is 32.6 Å². The molecule has 1 aromatic carbocycles. The Morgan fingerprint density at radius 2 is 1.89 bits per heavy atom. The number of aryl methyl sites for hydroxylation is 3. The standard InChI is InChI=1S/C21H26N2O5/c1-12-8-16(25-4)9-13(2)19(12)28-20-18(21(24)26-5)17(10-14(3)22-20)23-15-6-7-27-11-15/h8-10,15H,6-7,11H2,1-5H3,(H,22,23). The largest absolute Gasteiger partial charge is 0.497 e. The van der Waals surface area contributed by atoms with Crippen molar-refractivity contribution in [2.24, 2.45) is 0 Å². The number of benzene rings is 1. The zero-order valence-corrected chi connectivity index (χ0v) is 16.9. The van der Waals surface area contributed by atoms with Crippen LogP contribution in [-0.2, 0) is 9.47 Å². The highest BCUT2D eigenvalue weighted by atomic mass is 16.5. The van der Waals surface area contributed by atoms with E-state index in [1.807, 2.05) is 39.0 Å². The molecule has 1 aliphatic heterocycles. The lowest BCUT2D eigenvalue weighted by molar-refractivity contribution is 0.0598. The van der Waals surface area contributed by atoms with Gasteiger partial charge in [-0.2, -0.15) is 0 Å². The van der Waals surface area contributed by atoms with E-state index in [0.717, 1.165) is 29.0 Å². The summed E-state index contributed by atoms with van der Waals surface area (Å²) in [5, 5.41) is 3.37. The molecule has 1 unspecified atom stereocenters. The van der Waals surface area contributed by atoms with E-state index in [4.69, 9.17) is 18.9 Å². The van der Waals surface area contributed by atoms with Crippen LogP contribution in [0, 0.1) is 20.8 Å². The lowest BCUT2D eigenvalue weighted by atomic mass is 10.1. The van der Waals surface area contributed by atoms with Gasteiger partial charge in [-0.15, -0.1) is 0 Å². The highest BCUT2D eigenvalue weighted by Crippen LogP contribution is 2.36. The van der Waals surface area contributed by atoms with E-state index in [1.165, 1.54) is 7.11 Å². The first kappa shape index (κ1) is 19.9. The van der Waals surface area contributed by atoms with Crippen LogP contribution in [0.4, 0.5) is 5.69 Å². The van der Waals surface area contributed by atoms with E-state index >= 15 is 0 Å². The predicted molar refractivity (Wildman–Crippen MR) is 106 cm³/mol. The minimum atomic E-state index is -0.507. The minimum Gasteiger partial charge on any atom is -0.497 e. The fourth-order valence-corrected chi connectivity index (χ4v) is 3.29. The maximum absolute atomic E-state index is 12.6. The number of pyridine rings is 1. The predicted octanol–water partition coefficient (Wildman–Crippen LogP) is 3.80. The van der Waals surface area contributed by atoms with Crippen molar-refractivity contribution >= 4 is 11.7 Å². The van der Waals surface area contributed by atoms with Gasteiger partial charge < -0.3 is 24.3 Å². The van der Waals surface area contributed by atoms with E-state index in [2.05, 4.69) is 10.3 Å². The van der Waals surface area contributed by atoms with Crippen molar-refractivity contribution in [3.05, 3.63) is 40.6 Å². The lowest BCUT2D eigenvalue weighted by Gasteiger charge is -2.19. The highest BCUT2D eigenvalue weighted by molar-refractivity contribution is 5.98. The van der Waals surface area contributed by atoms with Crippen molar-refractivity contribution in [2.45, 2.75) is 33.2 Å². The molecule has 1 aromatic heterocycles. The van der Waals surface area contributed by atoms with Crippen LogP contribution >= 0.6 is 0 Å². The highest BCUT2D eigenvalue weighted by Gasteiger charge is 2.25. The SMILES string of the molecule is COC(=O)c1c(NC2CCOC2)cc(C)nc1Oc1c(C)cc(OC)cc1C. The zero-order valence-electron chi connectivity index (χ0n) is 16.9. The van der Waals surface area contributed by atoms with E-state index in [9.17, 15) is 4.79 Å². The Morgan fingerprint density at radius 1 is 1.18 bits per heavy atom. The smallest absolute Gasteiger partial charge is 0.345 e. The van der Waals surface area contributed by atoms with Gasteiger partial charge in [0.1, 0.15) is 17.1 Å². The van der Waals surface area contributed by atoms with Crippen molar-refractivity contribution in [1.82, 2.24) is 4.98 Å². The normalized spacial score (nSPS) is 16.0. The number of anilines is 1. The summed E-state index contributed by atoms with van der Waals surface area (Å²) in [6.45, 7) is 7.00. The molecule has 0 radical (unpaired) electrons. The molecule has 2 heterocycles. The first-order valence-corrected chi connectivity index (χ1v) is 9.20. The Balaban J connectivity index is 2.04. The molecule has 1 N–H and O–H groups in total.